The molecule has 0 spiro atoms. The smallest absolute Gasteiger partial charge is 0.295 e. The summed E-state index contributed by atoms with van der Waals surface area (Å²) in [6.07, 6.45) is 0.986. The summed E-state index contributed by atoms with van der Waals surface area (Å²) in [5, 5.41) is 15.9. The second-order valence-corrected chi connectivity index (χ2v) is 5.50. The van der Waals surface area contributed by atoms with Crippen LogP contribution in [0, 0.1) is 10.1 Å². The number of hydrogen-bond acceptors (Lipinski definition) is 6. The molecule has 21 heavy (non-hydrogen) atoms. The maximum Gasteiger partial charge on any atom is 0.295 e. The Morgan fingerprint density at radius 1 is 1.43 bits per heavy atom. The fraction of sp³-hybridized carbons (Fsp3) is 0.214. The van der Waals surface area contributed by atoms with E-state index in [1.165, 1.54) is 22.6 Å². The number of rotatable bonds is 5. The van der Waals surface area contributed by atoms with E-state index in [-0.39, 0.29) is 5.69 Å². The number of fused-ring (bicyclic) bond motifs is 1. The average Bonchev–Trinajstić information content (AvgIpc) is 3.09. The Hall–Kier alpha value is -2.41. The molecule has 6 nitrogen and oxygen atoms in total. The number of hydrogen-bond donors (Lipinski definition) is 1. The molecule has 7 heteroatoms. The van der Waals surface area contributed by atoms with Crippen LogP contribution in [0.2, 0.25) is 0 Å². The van der Waals surface area contributed by atoms with E-state index in [1.807, 2.05) is 0 Å². The summed E-state index contributed by atoms with van der Waals surface area (Å²) >= 11 is 1.69. The minimum atomic E-state index is -0.444. The molecular weight excluding hydrogens is 290 g/mol. The van der Waals surface area contributed by atoms with Crippen molar-refractivity contribution in [1.82, 2.24) is 4.98 Å². The van der Waals surface area contributed by atoms with Gasteiger partial charge in [-0.15, -0.1) is 11.3 Å². The molecule has 0 aliphatic heterocycles. The topological polar surface area (TPSA) is 81.2 Å². The zero-order valence-electron chi connectivity index (χ0n) is 11.3. The molecule has 3 aromatic rings. The van der Waals surface area contributed by atoms with E-state index in [4.69, 9.17) is 4.42 Å². The van der Waals surface area contributed by atoms with Gasteiger partial charge < -0.3 is 9.73 Å². The molecule has 0 saturated carbocycles. The molecular formula is C14H13N3O3S. The number of aryl methyl sites for hydroxylation is 1. The summed E-state index contributed by atoms with van der Waals surface area (Å²) in [5.41, 5.74) is 2.33. The molecule has 0 saturated heterocycles. The Kier molecular flexibility index (Phi) is 3.57. The predicted molar refractivity (Wildman–Crippen MR) is 81.7 cm³/mol. The fourth-order valence-electron chi connectivity index (χ4n) is 2.10. The number of thiophene rings is 1. The molecule has 2 aromatic heterocycles. The van der Waals surface area contributed by atoms with E-state index in [9.17, 15) is 10.1 Å². The Balaban J connectivity index is 1.80. The summed E-state index contributed by atoms with van der Waals surface area (Å²) in [4.78, 5) is 15.8. The third-order valence-electron chi connectivity index (χ3n) is 3.20. The first-order chi connectivity index (χ1) is 10.2. The summed E-state index contributed by atoms with van der Waals surface area (Å²) < 4.78 is 5.53. The number of nitrogens with zero attached hydrogens (tertiary/aromatic N) is 2. The predicted octanol–water partition coefficient (Wildman–Crippen LogP) is 3.97. The van der Waals surface area contributed by atoms with Gasteiger partial charge >= 0.3 is 0 Å². The number of anilines is 1. The number of benzene rings is 1. The van der Waals surface area contributed by atoms with Crippen LogP contribution in [0.25, 0.3) is 11.1 Å². The standard InChI is InChI=1S/C14H13N3O3S/c1-2-9-5-6-21-13(9)8-15-14-16-11-7-10(17(18)19)3-4-12(11)20-14/h3-7H,2,8H2,1H3,(H,15,16). The van der Waals surface area contributed by atoms with Gasteiger partial charge in [-0.1, -0.05) is 6.92 Å². The highest BCUT2D eigenvalue weighted by Gasteiger charge is 2.12. The molecule has 0 amide bonds. The first-order valence-electron chi connectivity index (χ1n) is 6.51. The van der Waals surface area contributed by atoms with E-state index in [0.717, 1.165) is 6.42 Å². The van der Waals surface area contributed by atoms with Crippen molar-refractivity contribution < 1.29 is 9.34 Å². The van der Waals surface area contributed by atoms with Gasteiger partial charge in [-0.05, 0) is 29.5 Å². The van der Waals surface area contributed by atoms with Gasteiger partial charge in [-0.25, -0.2) is 0 Å². The molecule has 108 valence electrons. The van der Waals surface area contributed by atoms with Gasteiger partial charge in [0.2, 0.25) is 0 Å². The van der Waals surface area contributed by atoms with Crippen molar-refractivity contribution in [2.75, 3.05) is 5.32 Å². The SMILES string of the molecule is CCc1ccsc1CNc1nc2cc([N+](=O)[O-])ccc2o1. The van der Waals surface area contributed by atoms with E-state index >= 15 is 0 Å². The summed E-state index contributed by atoms with van der Waals surface area (Å²) in [6.45, 7) is 2.75. The van der Waals surface area contributed by atoms with Gasteiger partial charge in [0.15, 0.2) is 5.58 Å². The van der Waals surface area contributed by atoms with Crippen LogP contribution in [0.15, 0.2) is 34.1 Å². The van der Waals surface area contributed by atoms with Crippen molar-refractivity contribution in [3.63, 3.8) is 0 Å². The normalized spacial score (nSPS) is 10.9. The molecule has 1 N–H and O–H groups in total. The molecule has 1 aromatic carbocycles. The van der Waals surface area contributed by atoms with Crippen LogP contribution in [0.3, 0.4) is 0 Å². The van der Waals surface area contributed by atoms with Crippen molar-refractivity contribution in [3.8, 4) is 0 Å². The van der Waals surface area contributed by atoms with Crippen LogP contribution < -0.4 is 5.32 Å². The van der Waals surface area contributed by atoms with Crippen molar-refractivity contribution in [2.24, 2.45) is 0 Å². The third-order valence-corrected chi connectivity index (χ3v) is 4.16. The Morgan fingerprint density at radius 3 is 3.05 bits per heavy atom. The molecule has 0 fully saturated rings. The van der Waals surface area contributed by atoms with E-state index in [2.05, 4.69) is 28.7 Å². The van der Waals surface area contributed by atoms with Crippen LogP contribution in [-0.2, 0) is 13.0 Å². The lowest BCUT2D eigenvalue weighted by Crippen LogP contribution is -1.99. The van der Waals surface area contributed by atoms with E-state index in [1.54, 1.807) is 17.4 Å². The second-order valence-electron chi connectivity index (χ2n) is 4.50. The highest BCUT2D eigenvalue weighted by atomic mass is 32.1. The van der Waals surface area contributed by atoms with Crippen molar-refractivity contribution in [1.29, 1.82) is 0 Å². The highest BCUT2D eigenvalue weighted by molar-refractivity contribution is 7.10. The van der Waals surface area contributed by atoms with Crippen LogP contribution in [0.1, 0.15) is 17.4 Å². The van der Waals surface area contributed by atoms with Gasteiger partial charge in [-0.3, -0.25) is 10.1 Å². The van der Waals surface area contributed by atoms with Gasteiger partial charge in [0.05, 0.1) is 11.5 Å². The molecule has 0 unspecified atom stereocenters. The average molecular weight is 303 g/mol. The summed E-state index contributed by atoms with van der Waals surface area (Å²) in [6, 6.07) is 6.87. The van der Waals surface area contributed by atoms with Crippen LogP contribution in [0.4, 0.5) is 11.7 Å². The maximum absolute atomic E-state index is 10.7. The monoisotopic (exact) mass is 303 g/mol. The minimum absolute atomic E-state index is 0.00822. The molecule has 0 radical (unpaired) electrons. The minimum Gasteiger partial charge on any atom is -0.424 e. The molecule has 0 atom stereocenters. The number of nitro benzene ring substituents is 1. The quantitative estimate of drug-likeness (QED) is 0.569. The highest BCUT2D eigenvalue weighted by Crippen LogP contribution is 2.24. The Bertz CT molecular complexity index is 794. The number of aromatic nitrogens is 1. The first kappa shape index (κ1) is 13.6. The number of nitrogens with one attached hydrogen (secondary N) is 1. The van der Waals surface area contributed by atoms with Gasteiger partial charge in [0.1, 0.15) is 5.52 Å². The fourth-order valence-corrected chi connectivity index (χ4v) is 3.01. The maximum atomic E-state index is 10.7. The van der Waals surface area contributed by atoms with E-state index in [0.29, 0.717) is 23.7 Å². The van der Waals surface area contributed by atoms with Gasteiger partial charge in [-0.2, -0.15) is 4.98 Å². The molecule has 0 aliphatic rings. The molecule has 0 aliphatic carbocycles. The Labute approximate surface area is 124 Å². The second kappa shape index (κ2) is 5.53. The summed E-state index contributed by atoms with van der Waals surface area (Å²) in [7, 11) is 0. The van der Waals surface area contributed by atoms with Crippen molar-refractivity contribution in [3.05, 3.63) is 50.2 Å². The molecule has 2 heterocycles. The van der Waals surface area contributed by atoms with E-state index < -0.39 is 4.92 Å². The lowest BCUT2D eigenvalue weighted by atomic mass is 10.2. The van der Waals surface area contributed by atoms with Gasteiger partial charge in [0, 0.05) is 17.0 Å². The largest absolute Gasteiger partial charge is 0.424 e. The van der Waals surface area contributed by atoms with Crippen molar-refractivity contribution in [2.45, 2.75) is 19.9 Å². The number of non-ortho nitro benzene ring substituents is 1. The lowest BCUT2D eigenvalue weighted by Gasteiger charge is -2.01. The number of nitro groups is 1. The molecule has 3 rings (SSSR count). The Morgan fingerprint density at radius 2 is 2.29 bits per heavy atom. The summed E-state index contributed by atoms with van der Waals surface area (Å²) in [5.74, 6) is 0. The zero-order chi connectivity index (χ0) is 14.8. The zero-order valence-corrected chi connectivity index (χ0v) is 12.1. The lowest BCUT2D eigenvalue weighted by molar-refractivity contribution is -0.384. The molecule has 0 bridgehead atoms. The van der Waals surface area contributed by atoms with Gasteiger partial charge in [0.25, 0.3) is 11.7 Å². The van der Waals surface area contributed by atoms with Crippen molar-refractivity contribution >= 4 is 34.1 Å². The third kappa shape index (κ3) is 2.73. The van der Waals surface area contributed by atoms with Crippen LogP contribution >= 0.6 is 11.3 Å². The number of oxazole rings is 1. The van der Waals surface area contributed by atoms with Crippen LogP contribution in [-0.4, -0.2) is 9.91 Å². The first-order valence-corrected chi connectivity index (χ1v) is 7.39. The van der Waals surface area contributed by atoms with Crippen LogP contribution in [0.5, 0.6) is 0 Å².